The van der Waals surface area contributed by atoms with Crippen LogP contribution < -0.4 is 5.32 Å². The van der Waals surface area contributed by atoms with E-state index in [9.17, 15) is 4.79 Å². The van der Waals surface area contributed by atoms with Crippen molar-refractivity contribution in [2.75, 3.05) is 19.6 Å². The standard InChI is InChI=1S/C34H43N3O/c38-33(21-20-30-15-13-24-35-28-30)36-25-12-4-2-1-3-7-14-29-22-26-37(27-23-29)34(31-16-8-5-9-17-31)32-18-10-6-11-19-32/h5-6,8-11,13,15-21,24,28-29,34H,1-4,7,12,14,22-23,25-27H2,(H,36,38)/b21-20-. The van der Waals surface area contributed by atoms with E-state index in [4.69, 9.17) is 0 Å². The van der Waals surface area contributed by atoms with Crippen molar-refractivity contribution < 1.29 is 4.79 Å². The lowest BCUT2D eigenvalue weighted by Gasteiger charge is -2.38. The number of hydrogen-bond acceptors (Lipinski definition) is 3. The summed E-state index contributed by atoms with van der Waals surface area (Å²) >= 11 is 0. The van der Waals surface area contributed by atoms with Crippen LogP contribution in [0.4, 0.5) is 0 Å². The number of benzene rings is 2. The van der Waals surface area contributed by atoms with Crippen molar-refractivity contribution >= 4 is 12.0 Å². The van der Waals surface area contributed by atoms with E-state index in [0.29, 0.717) is 6.04 Å². The van der Waals surface area contributed by atoms with Crippen molar-refractivity contribution in [1.29, 1.82) is 0 Å². The fourth-order valence-corrected chi connectivity index (χ4v) is 5.57. The molecule has 2 aromatic carbocycles. The van der Waals surface area contributed by atoms with Crippen molar-refractivity contribution in [2.45, 2.75) is 63.8 Å². The molecule has 0 spiro atoms. The molecule has 1 fully saturated rings. The molecule has 1 N–H and O–H groups in total. The minimum atomic E-state index is -0.0289. The average molecular weight is 510 g/mol. The Morgan fingerprint density at radius 3 is 2.11 bits per heavy atom. The maximum Gasteiger partial charge on any atom is 0.243 e. The molecule has 0 atom stereocenters. The predicted molar refractivity (Wildman–Crippen MR) is 158 cm³/mol. The number of pyridine rings is 1. The minimum Gasteiger partial charge on any atom is -0.353 e. The highest BCUT2D eigenvalue weighted by atomic mass is 16.1. The lowest BCUT2D eigenvalue weighted by Crippen LogP contribution is -2.37. The molecule has 200 valence electrons. The van der Waals surface area contributed by atoms with Crippen LogP contribution in [-0.2, 0) is 4.79 Å². The van der Waals surface area contributed by atoms with Gasteiger partial charge in [0.15, 0.2) is 0 Å². The summed E-state index contributed by atoms with van der Waals surface area (Å²) in [5.41, 5.74) is 3.74. The average Bonchev–Trinajstić information content (AvgIpc) is 2.98. The van der Waals surface area contributed by atoms with Gasteiger partial charge < -0.3 is 5.32 Å². The van der Waals surface area contributed by atoms with Crippen LogP contribution in [0.5, 0.6) is 0 Å². The summed E-state index contributed by atoms with van der Waals surface area (Å²) in [4.78, 5) is 18.7. The van der Waals surface area contributed by atoms with Crippen LogP contribution in [0.15, 0.2) is 91.3 Å². The predicted octanol–water partition coefficient (Wildman–Crippen LogP) is 7.44. The van der Waals surface area contributed by atoms with Crippen molar-refractivity contribution in [1.82, 2.24) is 15.2 Å². The topological polar surface area (TPSA) is 45.2 Å². The van der Waals surface area contributed by atoms with Gasteiger partial charge in [0.1, 0.15) is 0 Å². The van der Waals surface area contributed by atoms with Gasteiger partial charge in [-0.05, 0) is 67.1 Å². The maximum atomic E-state index is 11.9. The third-order valence-electron chi connectivity index (χ3n) is 7.69. The lowest BCUT2D eigenvalue weighted by atomic mass is 9.88. The number of nitrogens with one attached hydrogen (secondary N) is 1. The number of piperidine rings is 1. The summed E-state index contributed by atoms with van der Waals surface area (Å²) in [6.45, 7) is 3.12. The quantitative estimate of drug-likeness (QED) is 0.181. The molecule has 4 nitrogen and oxygen atoms in total. The van der Waals surface area contributed by atoms with Crippen LogP contribution in [0.1, 0.15) is 80.5 Å². The molecular formula is C34H43N3O. The number of carbonyl (C=O) groups excluding carboxylic acids is 1. The fourth-order valence-electron chi connectivity index (χ4n) is 5.57. The number of aromatic nitrogens is 1. The summed E-state index contributed by atoms with van der Waals surface area (Å²) in [5, 5.41) is 2.98. The van der Waals surface area contributed by atoms with E-state index in [2.05, 4.69) is 75.9 Å². The summed E-state index contributed by atoms with van der Waals surface area (Å²) in [6, 6.07) is 26.1. The zero-order valence-corrected chi connectivity index (χ0v) is 22.7. The van der Waals surface area contributed by atoms with E-state index in [1.54, 1.807) is 24.5 Å². The van der Waals surface area contributed by atoms with Crippen LogP contribution in [-0.4, -0.2) is 35.4 Å². The van der Waals surface area contributed by atoms with Crippen molar-refractivity contribution in [3.63, 3.8) is 0 Å². The number of nitrogens with zero attached hydrogens (tertiary/aromatic N) is 2. The minimum absolute atomic E-state index is 0.0289. The molecule has 0 bridgehead atoms. The Bertz CT molecular complexity index is 1040. The first-order chi connectivity index (χ1) is 18.8. The van der Waals surface area contributed by atoms with Gasteiger partial charge in [0, 0.05) is 25.0 Å². The highest BCUT2D eigenvalue weighted by Crippen LogP contribution is 2.33. The van der Waals surface area contributed by atoms with Gasteiger partial charge >= 0.3 is 0 Å². The summed E-state index contributed by atoms with van der Waals surface area (Å²) < 4.78 is 0. The molecule has 0 radical (unpaired) electrons. The molecule has 1 aliphatic rings. The molecule has 0 unspecified atom stereocenters. The van der Waals surface area contributed by atoms with Gasteiger partial charge in [-0.2, -0.15) is 0 Å². The van der Waals surface area contributed by atoms with Crippen LogP contribution in [0, 0.1) is 5.92 Å². The van der Waals surface area contributed by atoms with Crippen LogP contribution in [0.3, 0.4) is 0 Å². The Morgan fingerprint density at radius 2 is 1.47 bits per heavy atom. The van der Waals surface area contributed by atoms with E-state index in [-0.39, 0.29) is 5.91 Å². The van der Waals surface area contributed by atoms with Gasteiger partial charge in [-0.15, -0.1) is 0 Å². The molecular weight excluding hydrogens is 466 g/mol. The SMILES string of the molecule is O=C(/C=C\c1cccnc1)NCCCCCCCCC1CCN(C(c2ccccc2)c2ccccc2)CC1. The Kier molecular flexibility index (Phi) is 11.6. The molecule has 1 aliphatic heterocycles. The Morgan fingerprint density at radius 1 is 0.842 bits per heavy atom. The zero-order valence-electron chi connectivity index (χ0n) is 22.7. The molecule has 4 rings (SSSR count). The molecule has 3 aromatic rings. The normalized spacial score (nSPS) is 14.8. The Labute approximate surface area is 229 Å². The molecule has 1 amide bonds. The van der Waals surface area contributed by atoms with Gasteiger partial charge in [-0.25, -0.2) is 0 Å². The first kappa shape index (κ1) is 27.8. The number of unbranched alkanes of at least 4 members (excludes halogenated alkanes) is 5. The summed E-state index contributed by atoms with van der Waals surface area (Å²) in [6.07, 6.45) is 18.3. The number of amides is 1. The summed E-state index contributed by atoms with van der Waals surface area (Å²) in [7, 11) is 0. The van der Waals surface area contributed by atoms with Crippen LogP contribution in [0.25, 0.3) is 6.08 Å². The number of rotatable bonds is 14. The van der Waals surface area contributed by atoms with Gasteiger partial charge in [-0.1, -0.05) is 105 Å². The molecule has 4 heteroatoms. The van der Waals surface area contributed by atoms with Crippen molar-refractivity contribution in [3.05, 3.63) is 108 Å². The third kappa shape index (κ3) is 9.25. The van der Waals surface area contributed by atoms with Crippen molar-refractivity contribution in [2.24, 2.45) is 5.92 Å². The fraction of sp³-hybridized carbons (Fsp3) is 0.412. The Hall–Kier alpha value is -3.24. The molecule has 0 aliphatic carbocycles. The van der Waals surface area contributed by atoms with E-state index < -0.39 is 0 Å². The lowest BCUT2D eigenvalue weighted by molar-refractivity contribution is -0.116. The van der Waals surface area contributed by atoms with E-state index in [1.807, 2.05) is 12.1 Å². The maximum absolute atomic E-state index is 11.9. The smallest absolute Gasteiger partial charge is 0.243 e. The second-order valence-electron chi connectivity index (χ2n) is 10.5. The zero-order chi connectivity index (χ0) is 26.3. The summed E-state index contributed by atoms with van der Waals surface area (Å²) in [5.74, 6) is 0.840. The van der Waals surface area contributed by atoms with E-state index in [1.165, 1.54) is 75.6 Å². The Balaban J connectivity index is 1.06. The van der Waals surface area contributed by atoms with Gasteiger partial charge in [0.25, 0.3) is 0 Å². The van der Waals surface area contributed by atoms with Gasteiger partial charge in [0.05, 0.1) is 6.04 Å². The van der Waals surface area contributed by atoms with Crippen LogP contribution in [0.2, 0.25) is 0 Å². The number of carbonyl (C=O) groups is 1. The van der Waals surface area contributed by atoms with Gasteiger partial charge in [-0.3, -0.25) is 14.7 Å². The molecule has 38 heavy (non-hydrogen) atoms. The molecule has 1 aromatic heterocycles. The van der Waals surface area contributed by atoms with E-state index in [0.717, 1.165) is 24.4 Å². The highest BCUT2D eigenvalue weighted by molar-refractivity contribution is 5.91. The first-order valence-corrected chi connectivity index (χ1v) is 14.5. The highest BCUT2D eigenvalue weighted by Gasteiger charge is 2.27. The molecule has 1 saturated heterocycles. The number of likely N-dealkylation sites (tertiary alicyclic amines) is 1. The molecule has 2 heterocycles. The first-order valence-electron chi connectivity index (χ1n) is 14.5. The number of hydrogen-bond donors (Lipinski definition) is 1. The second kappa shape index (κ2) is 15.9. The van der Waals surface area contributed by atoms with Gasteiger partial charge in [0.2, 0.25) is 5.91 Å². The third-order valence-corrected chi connectivity index (χ3v) is 7.69. The van der Waals surface area contributed by atoms with Crippen molar-refractivity contribution in [3.8, 4) is 0 Å². The van der Waals surface area contributed by atoms with E-state index >= 15 is 0 Å². The monoisotopic (exact) mass is 509 g/mol. The molecule has 0 saturated carbocycles. The largest absolute Gasteiger partial charge is 0.353 e. The van der Waals surface area contributed by atoms with Crippen LogP contribution >= 0.6 is 0 Å². The second-order valence-corrected chi connectivity index (χ2v) is 10.5.